The van der Waals surface area contributed by atoms with Crippen molar-refractivity contribution in [2.45, 2.75) is 6.04 Å². The average Bonchev–Trinajstić information content (AvgIpc) is 2.63. The summed E-state index contributed by atoms with van der Waals surface area (Å²) in [5.74, 6) is -0.264. The number of hydrogen-bond acceptors (Lipinski definition) is 1. The number of amides is 1. The zero-order valence-electron chi connectivity index (χ0n) is 12.7. The molecule has 0 saturated carbocycles. The van der Waals surface area contributed by atoms with E-state index in [9.17, 15) is 4.79 Å². The molecule has 0 bridgehead atoms. The highest BCUT2D eigenvalue weighted by Crippen LogP contribution is 2.25. The van der Waals surface area contributed by atoms with Crippen molar-refractivity contribution in [3.8, 4) is 0 Å². The van der Waals surface area contributed by atoms with Crippen LogP contribution in [-0.4, -0.2) is 5.91 Å². The zero-order chi connectivity index (χ0) is 16.9. The molecule has 0 fully saturated rings. The van der Waals surface area contributed by atoms with Crippen LogP contribution in [-0.2, 0) is 0 Å². The van der Waals surface area contributed by atoms with E-state index in [1.807, 2.05) is 60.7 Å². The van der Waals surface area contributed by atoms with Gasteiger partial charge in [-0.25, -0.2) is 0 Å². The van der Waals surface area contributed by atoms with Gasteiger partial charge in [-0.15, -0.1) is 0 Å². The van der Waals surface area contributed by atoms with E-state index in [4.69, 9.17) is 23.2 Å². The Morgan fingerprint density at radius 1 is 0.792 bits per heavy atom. The maximum Gasteiger partial charge on any atom is 0.253 e. The fourth-order valence-corrected chi connectivity index (χ4v) is 2.91. The van der Waals surface area contributed by atoms with Crippen LogP contribution in [0.3, 0.4) is 0 Å². The first-order valence-corrected chi connectivity index (χ1v) is 8.26. The molecule has 3 aromatic rings. The molecule has 0 unspecified atom stereocenters. The van der Waals surface area contributed by atoms with Crippen molar-refractivity contribution in [2.24, 2.45) is 0 Å². The minimum atomic E-state index is -0.269. The van der Waals surface area contributed by atoms with Crippen LogP contribution < -0.4 is 5.32 Å². The van der Waals surface area contributed by atoms with Crippen LogP contribution in [0.15, 0.2) is 78.9 Å². The summed E-state index contributed by atoms with van der Waals surface area (Å²) in [5.41, 5.74) is 2.35. The SMILES string of the molecule is O=C(NC(c1ccccc1)c1ccccc1)c1cc(Cl)ccc1Cl. The van der Waals surface area contributed by atoms with Crippen LogP contribution in [0.1, 0.15) is 27.5 Å². The van der Waals surface area contributed by atoms with Gasteiger partial charge in [0.15, 0.2) is 0 Å². The third kappa shape index (κ3) is 3.78. The van der Waals surface area contributed by atoms with Gasteiger partial charge < -0.3 is 5.32 Å². The van der Waals surface area contributed by atoms with E-state index in [1.54, 1.807) is 18.2 Å². The smallest absolute Gasteiger partial charge is 0.253 e. The van der Waals surface area contributed by atoms with E-state index >= 15 is 0 Å². The van der Waals surface area contributed by atoms with Gasteiger partial charge in [0.2, 0.25) is 0 Å². The highest BCUT2D eigenvalue weighted by molar-refractivity contribution is 6.35. The lowest BCUT2D eigenvalue weighted by atomic mass is 9.98. The molecule has 24 heavy (non-hydrogen) atoms. The summed E-state index contributed by atoms with van der Waals surface area (Å²) in [6.45, 7) is 0. The van der Waals surface area contributed by atoms with Crippen molar-refractivity contribution in [2.75, 3.05) is 0 Å². The number of rotatable bonds is 4. The molecule has 120 valence electrons. The molecule has 0 radical (unpaired) electrons. The van der Waals surface area contributed by atoms with Crippen LogP contribution >= 0.6 is 23.2 Å². The molecule has 0 aromatic heterocycles. The van der Waals surface area contributed by atoms with Gasteiger partial charge in [0.25, 0.3) is 5.91 Å². The Labute approximate surface area is 151 Å². The molecule has 0 spiro atoms. The lowest BCUT2D eigenvalue weighted by Crippen LogP contribution is -2.29. The highest BCUT2D eigenvalue weighted by Gasteiger charge is 2.19. The second kappa shape index (κ2) is 7.52. The predicted octanol–water partition coefficient (Wildman–Crippen LogP) is 5.51. The minimum Gasteiger partial charge on any atom is -0.341 e. The van der Waals surface area contributed by atoms with E-state index in [0.29, 0.717) is 15.6 Å². The third-order valence-corrected chi connectivity index (χ3v) is 4.28. The maximum absolute atomic E-state index is 12.7. The second-order valence-corrected chi connectivity index (χ2v) is 6.20. The van der Waals surface area contributed by atoms with Gasteiger partial charge in [-0.3, -0.25) is 4.79 Å². The number of hydrogen-bond donors (Lipinski definition) is 1. The van der Waals surface area contributed by atoms with Gasteiger partial charge in [-0.1, -0.05) is 83.9 Å². The molecule has 4 heteroatoms. The van der Waals surface area contributed by atoms with E-state index < -0.39 is 0 Å². The summed E-state index contributed by atoms with van der Waals surface area (Å²) in [6, 6.07) is 24.2. The third-order valence-electron chi connectivity index (χ3n) is 3.71. The van der Waals surface area contributed by atoms with E-state index in [0.717, 1.165) is 11.1 Å². The van der Waals surface area contributed by atoms with Crippen molar-refractivity contribution in [1.29, 1.82) is 0 Å². The molecule has 0 atom stereocenters. The molecule has 1 N–H and O–H groups in total. The summed E-state index contributed by atoms with van der Waals surface area (Å²) in [7, 11) is 0. The molecule has 0 aliphatic heterocycles. The van der Waals surface area contributed by atoms with Crippen molar-refractivity contribution in [3.63, 3.8) is 0 Å². The van der Waals surface area contributed by atoms with Crippen molar-refractivity contribution >= 4 is 29.1 Å². The summed E-state index contributed by atoms with van der Waals surface area (Å²) >= 11 is 12.1. The Balaban J connectivity index is 1.95. The van der Waals surface area contributed by atoms with Gasteiger partial charge in [0.1, 0.15) is 0 Å². The van der Waals surface area contributed by atoms with Gasteiger partial charge >= 0.3 is 0 Å². The Morgan fingerprint density at radius 2 is 1.33 bits per heavy atom. The number of halogens is 2. The van der Waals surface area contributed by atoms with Gasteiger partial charge in [-0.2, -0.15) is 0 Å². The van der Waals surface area contributed by atoms with Crippen LogP contribution in [0.4, 0.5) is 0 Å². The Bertz CT molecular complexity index is 795. The predicted molar refractivity (Wildman–Crippen MR) is 98.7 cm³/mol. The Kier molecular flexibility index (Phi) is 5.19. The van der Waals surface area contributed by atoms with E-state index in [2.05, 4.69) is 5.32 Å². The molecule has 3 rings (SSSR count). The van der Waals surface area contributed by atoms with E-state index in [1.165, 1.54) is 0 Å². The topological polar surface area (TPSA) is 29.1 Å². The average molecular weight is 356 g/mol. The van der Waals surface area contributed by atoms with Crippen LogP contribution in [0, 0.1) is 0 Å². The number of carbonyl (C=O) groups excluding carboxylic acids is 1. The Morgan fingerprint density at radius 3 is 1.88 bits per heavy atom. The van der Waals surface area contributed by atoms with Crippen molar-refractivity contribution in [1.82, 2.24) is 5.32 Å². The molecule has 2 nitrogen and oxygen atoms in total. The molecule has 0 saturated heterocycles. The number of carbonyl (C=O) groups is 1. The number of benzene rings is 3. The van der Waals surface area contributed by atoms with Crippen LogP contribution in [0.25, 0.3) is 0 Å². The summed E-state index contributed by atoms with van der Waals surface area (Å²) in [4.78, 5) is 12.7. The summed E-state index contributed by atoms with van der Waals surface area (Å²) < 4.78 is 0. The quantitative estimate of drug-likeness (QED) is 0.656. The first-order valence-electron chi connectivity index (χ1n) is 7.51. The van der Waals surface area contributed by atoms with Crippen LogP contribution in [0.5, 0.6) is 0 Å². The van der Waals surface area contributed by atoms with Gasteiger partial charge in [0, 0.05) is 5.02 Å². The zero-order valence-corrected chi connectivity index (χ0v) is 14.3. The maximum atomic E-state index is 12.7. The largest absolute Gasteiger partial charge is 0.341 e. The van der Waals surface area contributed by atoms with E-state index in [-0.39, 0.29) is 11.9 Å². The first kappa shape index (κ1) is 16.6. The lowest BCUT2D eigenvalue weighted by molar-refractivity contribution is 0.0943. The lowest BCUT2D eigenvalue weighted by Gasteiger charge is -2.20. The molecular weight excluding hydrogens is 341 g/mol. The van der Waals surface area contributed by atoms with Crippen LogP contribution in [0.2, 0.25) is 10.0 Å². The fraction of sp³-hybridized carbons (Fsp3) is 0.0500. The first-order chi connectivity index (χ1) is 11.6. The summed E-state index contributed by atoms with van der Waals surface area (Å²) in [5, 5.41) is 3.90. The molecule has 0 aliphatic carbocycles. The highest BCUT2D eigenvalue weighted by atomic mass is 35.5. The molecular formula is C20H15Cl2NO. The molecule has 1 amide bonds. The fourth-order valence-electron chi connectivity index (χ4n) is 2.53. The van der Waals surface area contributed by atoms with Gasteiger partial charge in [0.05, 0.1) is 16.6 Å². The van der Waals surface area contributed by atoms with Crippen molar-refractivity contribution < 1.29 is 4.79 Å². The minimum absolute atomic E-state index is 0.264. The monoisotopic (exact) mass is 355 g/mol. The normalized spacial score (nSPS) is 10.6. The van der Waals surface area contributed by atoms with Crippen molar-refractivity contribution in [3.05, 3.63) is 106 Å². The Hall–Kier alpha value is -2.29. The van der Waals surface area contributed by atoms with Gasteiger partial charge in [-0.05, 0) is 29.3 Å². The molecule has 0 aliphatic rings. The molecule has 0 heterocycles. The molecule has 3 aromatic carbocycles. The number of nitrogens with one attached hydrogen (secondary N) is 1. The summed E-state index contributed by atoms with van der Waals surface area (Å²) in [6.07, 6.45) is 0. The standard InChI is InChI=1S/C20H15Cl2NO/c21-16-11-12-18(22)17(13-16)20(24)23-19(14-7-3-1-4-8-14)15-9-5-2-6-10-15/h1-13,19H,(H,23,24). The second-order valence-electron chi connectivity index (χ2n) is 5.35.